The van der Waals surface area contributed by atoms with Gasteiger partial charge in [-0.25, -0.2) is 4.39 Å². The highest BCUT2D eigenvalue weighted by atomic mass is 19.1. The minimum absolute atomic E-state index is 0.157. The summed E-state index contributed by atoms with van der Waals surface area (Å²) in [5, 5.41) is 1.22. The van der Waals surface area contributed by atoms with Crippen molar-refractivity contribution in [1.29, 1.82) is 0 Å². The van der Waals surface area contributed by atoms with Crippen LogP contribution in [0, 0.1) is 12.7 Å². The molecule has 0 aliphatic heterocycles. The average Bonchev–Trinajstić information content (AvgIpc) is 2.76. The summed E-state index contributed by atoms with van der Waals surface area (Å²) < 4.78 is 16.1. The number of nitrogens with zero attached hydrogens (tertiary/aromatic N) is 1. The monoisotopic (exact) mass is 282 g/mol. The molecular formula is C18H19FN2. The van der Waals surface area contributed by atoms with Crippen LogP contribution in [0.1, 0.15) is 16.8 Å². The van der Waals surface area contributed by atoms with Crippen molar-refractivity contribution >= 4 is 10.9 Å². The molecule has 1 aromatic heterocycles. The van der Waals surface area contributed by atoms with Crippen molar-refractivity contribution in [2.75, 3.05) is 6.54 Å². The normalized spacial score (nSPS) is 11.2. The molecule has 3 aromatic rings. The molecule has 2 N–H and O–H groups in total. The van der Waals surface area contributed by atoms with Crippen LogP contribution in [0.25, 0.3) is 10.9 Å². The summed E-state index contributed by atoms with van der Waals surface area (Å²) in [5.74, 6) is -0.157. The molecule has 0 amide bonds. The molecule has 0 aliphatic rings. The van der Waals surface area contributed by atoms with Crippen molar-refractivity contribution in [3.8, 4) is 0 Å². The molecule has 21 heavy (non-hydrogen) atoms. The summed E-state index contributed by atoms with van der Waals surface area (Å²) in [4.78, 5) is 0. The lowest BCUT2D eigenvalue weighted by molar-refractivity contribution is 0.600. The van der Waals surface area contributed by atoms with Crippen LogP contribution < -0.4 is 5.73 Å². The van der Waals surface area contributed by atoms with Crippen molar-refractivity contribution in [3.05, 3.63) is 71.2 Å². The summed E-state index contributed by atoms with van der Waals surface area (Å²) in [7, 11) is 0. The fourth-order valence-electron chi connectivity index (χ4n) is 2.96. The Morgan fingerprint density at radius 3 is 2.52 bits per heavy atom. The number of nitrogens with two attached hydrogens (primary N) is 1. The van der Waals surface area contributed by atoms with E-state index in [1.807, 2.05) is 24.3 Å². The third-order valence-electron chi connectivity index (χ3n) is 4.04. The van der Waals surface area contributed by atoms with E-state index in [9.17, 15) is 4.39 Å². The van der Waals surface area contributed by atoms with Crippen molar-refractivity contribution < 1.29 is 4.39 Å². The highest BCUT2D eigenvalue weighted by Crippen LogP contribution is 2.27. The maximum atomic E-state index is 13.9. The smallest absolute Gasteiger partial charge is 0.128 e. The highest BCUT2D eigenvalue weighted by Gasteiger charge is 2.14. The number of fused-ring (bicyclic) bond motifs is 1. The van der Waals surface area contributed by atoms with Gasteiger partial charge in [0.05, 0.1) is 6.54 Å². The molecule has 0 bridgehead atoms. The Hall–Kier alpha value is -2.13. The Labute approximate surface area is 124 Å². The van der Waals surface area contributed by atoms with Crippen molar-refractivity contribution in [1.82, 2.24) is 4.57 Å². The van der Waals surface area contributed by atoms with Crippen LogP contribution >= 0.6 is 0 Å². The van der Waals surface area contributed by atoms with Crippen LogP contribution in [0.2, 0.25) is 0 Å². The third kappa shape index (κ3) is 2.45. The van der Waals surface area contributed by atoms with Gasteiger partial charge in [0.2, 0.25) is 0 Å². The Morgan fingerprint density at radius 2 is 1.76 bits per heavy atom. The van der Waals surface area contributed by atoms with E-state index < -0.39 is 0 Å². The molecular weight excluding hydrogens is 263 g/mol. The lowest BCUT2D eigenvalue weighted by atomic mass is 10.1. The predicted octanol–water partition coefficient (Wildman–Crippen LogP) is 3.64. The SMILES string of the molecule is Cc1c(CCN)c2ccccc2n1Cc1ccccc1F. The molecule has 108 valence electrons. The Morgan fingerprint density at radius 1 is 1.05 bits per heavy atom. The number of para-hydroxylation sites is 1. The second kappa shape index (κ2) is 5.70. The van der Waals surface area contributed by atoms with Gasteiger partial charge in [0.1, 0.15) is 5.82 Å². The van der Waals surface area contributed by atoms with Gasteiger partial charge in [0.15, 0.2) is 0 Å². The number of rotatable bonds is 4. The lowest BCUT2D eigenvalue weighted by Gasteiger charge is -2.10. The van der Waals surface area contributed by atoms with Crippen LogP contribution in [0.5, 0.6) is 0 Å². The zero-order valence-electron chi connectivity index (χ0n) is 12.1. The quantitative estimate of drug-likeness (QED) is 0.778. The van der Waals surface area contributed by atoms with Gasteiger partial charge in [0.25, 0.3) is 0 Å². The molecule has 0 aliphatic carbocycles. The van der Waals surface area contributed by atoms with Crippen LogP contribution in [0.15, 0.2) is 48.5 Å². The first kappa shape index (κ1) is 13.8. The number of hydrogen-bond acceptors (Lipinski definition) is 1. The molecule has 0 saturated carbocycles. The molecule has 0 fully saturated rings. The van der Waals surface area contributed by atoms with Crippen molar-refractivity contribution in [3.63, 3.8) is 0 Å². The van der Waals surface area contributed by atoms with E-state index in [0.717, 1.165) is 11.9 Å². The zero-order valence-corrected chi connectivity index (χ0v) is 12.1. The Bertz CT molecular complexity index is 774. The molecule has 0 saturated heterocycles. The fraction of sp³-hybridized carbons (Fsp3) is 0.222. The average molecular weight is 282 g/mol. The van der Waals surface area contributed by atoms with E-state index in [0.29, 0.717) is 18.7 Å². The number of aromatic nitrogens is 1. The number of hydrogen-bond donors (Lipinski definition) is 1. The standard InChI is InChI=1S/C18H19FN2/c1-13-15(10-11-20)16-7-3-5-9-18(16)21(13)12-14-6-2-4-8-17(14)19/h2-9H,10-12,20H2,1H3. The first-order chi connectivity index (χ1) is 10.2. The number of halogens is 1. The van der Waals surface area contributed by atoms with Gasteiger partial charge in [-0.3, -0.25) is 0 Å². The Kier molecular flexibility index (Phi) is 3.76. The van der Waals surface area contributed by atoms with Crippen LogP contribution in [-0.4, -0.2) is 11.1 Å². The predicted molar refractivity (Wildman–Crippen MR) is 84.9 cm³/mol. The van der Waals surface area contributed by atoms with E-state index in [4.69, 9.17) is 5.73 Å². The third-order valence-corrected chi connectivity index (χ3v) is 4.04. The molecule has 3 heteroatoms. The molecule has 3 rings (SSSR count). The van der Waals surface area contributed by atoms with Gasteiger partial charge in [-0.15, -0.1) is 0 Å². The van der Waals surface area contributed by atoms with Gasteiger partial charge < -0.3 is 10.3 Å². The summed E-state index contributed by atoms with van der Waals surface area (Å²) in [5.41, 5.74) is 10.0. The maximum absolute atomic E-state index is 13.9. The van der Waals surface area contributed by atoms with Crippen LogP contribution in [-0.2, 0) is 13.0 Å². The summed E-state index contributed by atoms with van der Waals surface area (Å²) >= 11 is 0. The van der Waals surface area contributed by atoms with Gasteiger partial charge in [-0.05, 0) is 37.6 Å². The molecule has 0 unspecified atom stereocenters. The van der Waals surface area contributed by atoms with E-state index in [-0.39, 0.29) is 5.82 Å². The summed E-state index contributed by atoms with van der Waals surface area (Å²) in [6.07, 6.45) is 0.844. The molecule has 0 atom stereocenters. The largest absolute Gasteiger partial charge is 0.340 e. The van der Waals surface area contributed by atoms with E-state index in [1.54, 1.807) is 6.07 Å². The zero-order chi connectivity index (χ0) is 14.8. The first-order valence-corrected chi connectivity index (χ1v) is 7.22. The highest BCUT2D eigenvalue weighted by molar-refractivity contribution is 5.85. The molecule has 2 aromatic carbocycles. The van der Waals surface area contributed by atoms with Crippen LogP contribution in [0.3, 0.4) is 0 Å². The molecule has 0 radical (unpaired) electrons. The van der Waals surface area contributed by atoms with Gasteiger partial charge in [-0.1, -0.05) is 36.4 Å². The van der Waals surface area contributed by atoms with Gasteiger partial charge in [-0.2, -0.15) is 0 Å². The van der Waals surface area contributed by atoms with E-state index in [1.165, 1.54) is 22.7 Å². The molecule has 0 spiro atoms. The minimum atomic E-state index is -0.157. The van der Waals surface area contributed by atoms with Crippen LogP contribution in [0.4, 0.5) is 4.39 Å². The second-order valence-corrected chi connectivity index (χ2v) is 5.30. The molecule has 2 nitrogen and oxygen atoms in total. The summed E-state index contributed by atoms with van der Waals surface area (Å²) in [6.45, 7) is 3.25. The van der Waals surface area contributed by atoms with Gasteiger partial charge >= 0.3 is 0 Å². The topological polar surface area (TPSA) is 30.9 Å². The lowest BCUT2D eigenvalue weighted by Crippen LogP contribution is -2.06. The Balaban J connectivity index is 2.14. The van der Waals surface area contributed by atoms with Crippen molar-refractivity contribution in [2.24, 2.45) is 5.73 Å². The molecule has 1 heterocycles. The van der Waals surface area contributed by atoms with Gasteiger partial charge in [0, 0.05) is 22.2 Å². The first-order valence-electron chi connectivity index (χ1n) is 7.22. The maximum Gasteiger partial charge on any atom is 0.128 e. The minimum Gasteiger partial charge on any atom is -0.340 e. The van der Waals surface area contributed by atoms with E-state index >= 15 is 0 Å². The fourth-order valence-corrected chi connectivity index (χ4v) is 2.96. The number of benzene rings is 2. The summed E-state index contributed by atoms with van der Waals surface area (Å²) in [6, 6.07) is 15.2. The second-order valence-electron chi connectivity index (χ2n) is 5.30. The van der Waals surface area contributed by atoms with E-state index in [2.05, 4.69) is 23.6 Å². The van der Waals surface area contributed by atoms with Crippen molar-refractivity contribution in [2.45, 2.75) is 19.9 Å².